The molecule has 0 bridgehead atoms. The minimum atomic E-state index is -0.542. The van der Waals surface area contributed by atoms with E-state index in [1.165, 1.54) is 0 Å². The van der Waals surface area contributed by atoms with Gasteiger partial charge < -0.3 is 14.5 Å². The van der Waals surface area contributed by atoms with Crippen LogP contribution in [0.4, 0.5) is 5.69 Å². The molecule has 0 aliphatic heterocycles. The molecule has 1 aromatic heterocycles. The molecule has 6 nitrogen and oxygen atoms in total. The summed E-state index contributed by atoms with van der Waals surface area (Å²) in [7, 11) is 0. The van der Waals surface area contributed by atoms with Crippen molar-refractivity contribution < 1.29 is 18.7 Å². The Balaban J connectivity index is 1.53. The predicted molar refractivity (Wildman–Crippen MR) is 141 cm³/mol. The number of carbonyl (C=O) groups excluding carboxylic acids is 2. The van der Waals surface area contributed by atoms with Crippen LogP contribution in [-0.2, 0) is 0 Å². The normalized spacial score (nSPS) is 10.8. The predicted octanol–water partition coefficient (Wildman–Crippen LogP) is 7.49. The van der Waals surface area contributed by atoms with E-state index in [4.69, 9.17) is 9.15 Å². The van der Waals surface area contributed by atoms with Crippen molar-refractivity contribution in [3.05, 3.63) is 111 Å². The zero-order chi connectivity index (χ0) is 24.4. The number of fused-ring (bicyclic) bond motifs is 1. The van der Waals surface area contributed by atoms with Crippen LogP contribution in [0.5, 0.6) is 5.75 Å². The highest BCUT2D eigenvalue weighted by Gasteiger charge is 2.20. The summed E-state index contributed by atoms with van der Waals surface area (Å²) >= 11 is 6.78. The van der Waals surface area contributed by atoms with Gasteiger partial charge in [0.05, 0.1) is 16.7 Å². The molecule has 8 heteroatoms. The summed E-state index contributed by atoms with van der Waals surface area (Å²) in [5, 5.41) is 2.88. The van der Waals surface area contributed by atoms with Gasteiger partial charge in [0.1, 0.15) is 11.3 Å². The van der Waals surface area contributed by atoms with Crippen LogP contribution in [0.25, 0.3) is 22.6 Å². The van der Waals surface area contributed by atoms with E-state index in [1.54, 1.807) is 60.7 Å². The van der Waals surface area contributed by atoms with E-state index in [1.807, 2.05) is 30.3 Å². The van der Waals surface area contributed by atoms with E-state index < -0.39 is 5.97 Å². The molecular formula is C27H16Br2N2O4. The minimum Gasteiger partial charge on any atom is -0.436 e. The number of rotatable bonds is 5. The molecule has 172 valence electrons. The fourth-order valence-electron chi connectivity index (χ4n) is 3.48. The largest absolute Gasteiger partial charge is 0.436 e. The monoisotopic (exact) mass is 590 g/mol. The Hall–Kier alpha value is -3.75. The molecule has 0 atom stereocenters. The third-order valence-electron chi connectivity index (χ3n) is 5.18. The second kappa shape index (κ2) is 9.85. The molecule has 0 aliphatic carbocycles. The molecule has 0 saturated carbocycles. The van der Waals surface area contributed by atoms with Gasteiger partial charge in [0.15, 0.2) is 5.58 Å². The Morgan fingerprint density at radius 2 is 1.46 bits per heavy atom. The van der Waals surface area contributed by atoms with Gasteiger partial charge in [-0.2, -0.15) is 0 Å². The number of nitrogens with zero attached hydrogens (tertiary/aromatic N) is 1. The minimum absolute atomic E-state index is 0.246. The van der Waals surface area contributed by atoms with Crippen LogP contribution in [0, 0.1) is 0 Å². The van der Waals surface area contributed by atoms with Gasteiger partial charge in [-0.15, -0.1) is 0 Å². The Bertz CT molecular complexity index is 1550. The highest BCUT2D eigenvalue weighted by atomic mass is 79.9. The lowest BCUT2D eigenvalue weighted by molar-refractivity contribution is 0.0734. The number of oxazole rings is 1. The summed E-state index contributed by atoms with van der Waals surface area (Å²) in [6.45, 7) is 0. The number of benzene rings is 4. The van der Waals surface area contributed by atoms with Crippen LogP contribution in [0.15, 0.2) is 104 Å². The molecule has 35 heavy (non-hydrogen) atoms. The molecule has 5 rings (SSSR count). The first-order chi connectivity index (χ1) is 17.0. The third kappa shape index (κ3) is 4.89. The standard InChI is InChI=1S/C27H16Br2N2O4/c28-20-9-3-1-7-17(20)25(32)30-16-13-14-23(35-27(33)18-8-2-4-10-21(18)29)19(15-16)26-31-22-11-5-6-12-24(22)34-26/h1-15H,(H,30,32). The Morgan fingerprint density at radius 3 is 2.17 bits per heavy atom. The number of hydrogen-bond donors (Lipinski definition) is 1. The lowest BCUT2D eigenvalue weighted by Gasteiger charge is -2.12. The van der Waals surface area contributed by atoms with Gasteiger partial charge in [0.2, 0.25) is 5.89 Å². The van der Waals surface area contributed by atoms with Gasteiger partial charge in [0, 0.05) is 14.6 Å². The number of nitrogens with one attached hydrogen (secondary N) is 1. The Labute approximate surface area is 217 Å². The highest BCUT2D eigenvalue weighted by molar-refractivity contribution is 9.10. The molecule has 0 unspecified atom stereocenters. The Morgan fingerprint density at radius 1 is 0.800 bits per heavy atom. The zero-order valence-corrected chi connectivity index (χ0v) is 21.2. The van der Waals surface area contributed by atoms with Crippen molar-refractivity contribution in [2.75, 3.05) is 5.32 Å². The van der Waals surface area contributed by atoms with Crippen LogP contribution in [0.2, 0.25) is 0 Å². The summed E-state index contributed by atoms with van der Waals surface area (Å²) in [5.74, 6) is -0.326. The fourth-order valence-corrected chi connectivity index (χ4v) is 4.39. The van der Waals surface area contributed by atoms with Crippen molar-refractivity contribution in [1.82, 2.24) is 4.98 Å². The molecule has 1 N–H and O–H groups in total. The molecule has 1 heterocycles. The number of ether oxygens (including phenoxy) is 1. The van der Waals surface area contributed by atoms with Gasteiger partial charge in [-0.3, -0.25) is 4.79 Å². The van der Waals surface area contributed by atoms with Crippen molar-refractivity contribution in [3.63, 3.8) is 0 Å². The van der Waals surface area contributed by atoms with Gasteiger partial charge >= 0.3 is 5.97 Å². The van der Waals surface area contributed by atoms with Crippen LogP contribution in [0.1, 0.15) is 20.7 Å². The average Bonchev–Trinajstić information content (AvgIpc) is 3.29. The van der Waals surface area contributed by atoms with Crippen molar-refractivity contribution in [1.29, 1.82) is 0 Å². The number of aromatic nitrogens is 1. The SMILES string of the molecule is O=C(Nc1ccc(OC(=O)c2ccccc2Br)c(-c2nc3ccccc3o2)c1)c1ccccc1Br. The third-order valence-corrected chi connectivity index (χ3v) is 6.56. The number of hydrogen-bond acceptors (Lipinski definition) is 5. The molecule has 5 aromatic rings. The number of anilines is 1. The van der Waals surface area contributed by atoms with Gasteiger partial charge in [-0.25, -0.2) is 9.78 Å². The van der Waals surface area contributed by atoms with E-state index in [9.17, 15) is 9.59 Å². The maximum atomic E-state index is 12.9. The lowest BCUT2D eigenvalue weighted by Crippen LogP contribution is -2.13. The van der Waals surface area contributed by atoms with E-state index in [2.05, 4.69) is 42.2 Å². The quantitative estimate of drug-likeness (QED) is 0.169. The lowest BCUT2D eigenvalue weighted by atomic mass is 10.1. The first-order valence-corrected chi connectivity index (χ1v) is 12.1. The molecule has 4 aromatic carbocycles. The second-order valence-electron chi connectivity index (χ2n) is 7.50. The van der Waals surface area contributed by atoms with Crippen LogP contribution < -0.4 is 10.1 Å². The first kappa shape index (κ1) is 23.0. The Kier molecular flexibility index (Phi) is 6.48. The topological polar surface area (TPSA) is 81.4 Å². The van der Waals surface area contributed by atoms with Crippen molar-refractivity contribution in [2.24, 2.45) is 0 Å². The number of halogens is 2. The molecule has 0 saturated heterocycles. The smallest absolute Gasteiger partial charge is 0.344 e. The van der Waals surface area contributed by atoms with E-state index in [0.717, 1.165) is 0 Å². The fraction of sp³-hybridized carbons (Fsp3) is 0. The summed E-state index contributed by atoms with van der Waals surface area (Å²) in [5.41, 5.74) is 3.03. The van der Waals surface area contributed by atoms with E-state index in [-0.39, 0.29) is 17.5 Å². The second-order valence-corrected chi connectivity index (χ2v) is 9.21. The van der Waals surface area contributed by atoms with Gasteiger partial charge in [0.25, 0.3) is 5.91 Å². The van der Waals surface area contributed by atoms with Gasteiger partial charge in [-0.1, -0.05) is 36.4 Å². The van der Waals surface area contributed by atoms with E-state index >= 15 is 0 Å². The number of carbonyl (C=O) groups is 2. The van der Waals surface area contributed by atoms with E-state index in [0.29, 0.717) is 42.4 Å². The maximum Gasteiger partial charge on any atom is 0.344 e. The summed E-state index contributed by atoms with van der Waals surface area (Å²) in [4.78, 5) is 30.3. The van der Waals surface area contributed by atoms with Crippen molar-refractivity contribution in [3.8, 4) is 17.2 Å². The molecule has 0 radical (unpaired) electrons. The first-order valence-electron chi connectivity index (χ1n) is 10.5. The summed E-state index contributed by atoms with van der Waals surface area (Å²) in [6, 6.07) is 26.4. The molecule has 0 aliphatic rings. The number of amides is 1. The summed E-state index contributed by atoms with van der Waals surface area (Å²) < 4.78 is 13.0. The molecule has 0 fully saturated rings. The number of para-hydroxylation sites is 2. The van der Waals surface area contributed by atoms with Gasteiger partial charge in [-0.05, 0) is 86.5 Å². The summed E-state index contributed by atoms with van der Waals surface area (Å²) in [6.07, 6.45) is 0. The molecular weight excluding hydrogens is 576 g/mol. The molecule has 1 amide bonds. The zero-order valence-electron chi connectivity index (χ0n) is 18.0. The van der Waals surface area contributed by atoms with Crippen LogP contribution in [0.3, 0.4) is 0 Å². The van der Waals surface area contributed by atoms with Crippen LogP contribution >= 0.6 is 31.9 Å². The van der Waals surface area contributed by atoms with Crippen LogP contribution in [-0.4, -0.2) is 16.9 Å². The molecule has 0 spiro atoms. The maximum absolute atomic E-state index is 12.9. The van der Waals surface area contributed by atoms with Crippen molar-refractivity contribution in [2.45, 2.75) is 0 Å². The highest BCUT2D eigenvalue weighted by Crippen LogP contribution is 2.35. The van der Waals surface area contributed by atoms with Crippen molar-refractivity contribution >= 4 is 60.5 Å². The average molecular weight is 592 g/mol. The number of esters is 1.